The lowest BCUT2D eigenvalue weighted by Crippen LogP contribution is -2.29. The summed E-state index contributed by atoms with van der Waals surface area (Å²) in [7, 11) is -4.28. The van der Waals surface area contributed by atoms with Crippen molar-refractivity contribution in [2.24, 2.45) is 0 Å². The number of benzene rings is 1. The van der Waals surface area contributed by atoms with Crippen LogP contribution in [0.2, 0.25) is 0 Å². The van der Waals surface area contributed by atoms with Crippen LogP contribution >= 0.6 is 11.3 Å². The van der Waals surface area contributed by atoms with E-state index in [0.717, 1.165) is 12.1 Å². The standard InChI is InChI=1S/C13H12F3NO4S2/c14-13(15,16)21-10-4-1-2-6-12(10)23(19,20)17-8-9(18)11-5-3-7-22-11/h1-7,9,17-18H,8H2. The normalized spacial score (nSPS) is 13.7. The second kappa shape index (κ2) is 6.87. The summed E-state index contributed by atoms with van der Waals surface area (Å²) in [6, 6.07) is 7.68. The summed E-state index contributed by atoms with van der Waals surface area (Å²) in [5, 5.41) is 11.6. The molecule has 0 aliphatic rings. The van der Waals surface area contributed by atoms with Crippen LogP contribution < -0.4 is 9.46 Å². The molecule has 5 nitrogen and oxygen atoms in total. The van der Waals surface area contributed by atoms with E-state index < -0.39 is 33.1 Å². The van der Waals surface area contributed by atoms with E-state index >= 15 is 0 Å². The minimum absolute atomic E-state index is 0.372. The Bertz CT molecular complexity index is 745. The van der Waals surface area contributed by atoms with Crippen molar-refractivity contribution in [3.63, 3.8) is 0 Å². The molecule has 2 aromatic rings. The van der Waals surface area contributed by atoms with E-state index in [2.05, 4.69) is 9.46 Å². The number of aliphatic hydroxyl groups excluding tert-OH is 1. The van der Waals surface area contributed by atoms with Crippen LogP contribution in [0.3, 0.4) is 0 Å². The molecule has 0 saturated heterocycles. The number of thiophene rings is 1. The molecule has 1 atom stereocenters. The van der Waals surface area contributed by atoms with E-state index in [-0.39, 0.29) is 6.54 Å². The second-order valence-corrected chi connectivity index (χ2v) is 7.09. The number of rotatable bonds is 6. The molecule has 0 aliphatic carbocycles. The Morgan fingerprint density at radius 2 is 1.91 bits per heavy atom. The summed E-state index contributed by atoms with van der Waals surface area (Å²) in [6.45, 7) is -0.372. The molecule has 2 N–H and O–H groups in total. The van der Waals surface area contributed by atoms with Crippen molar-refractivity contribution in [1.29, 1.82) is 0 Å². The maximum absolute atomic E-state index is 12.3. The summed E-state index contributed by atoms with van der Waals surface area (Å²) < 4.78 is 67.1. The van der Waals surface area contributed by atoms with Gasteiger partial charge in [-0.25, -0.2) is 13.1 Å². The highest BCUT2D eigenvalue weighted by Gasteiger charge is 2.34. The Hall–Kier alpha value is -1.62. The average molecular weight is 367 g/mol. The summed E-state index contributed by atoms with van der Waals surface area (Å²) >= 11 is 1.23. The maximum atomic E-state index is 12.3. The summed E-state index contributed by atoms with van der Waals surface area (Å²) in [4.78, 5) is -0.122. The highest BCUT2D eigenvalue weighted by atomic mass is 32.2. The minimum Gasteiger partial charge on any atom is -0.404 e. The molecule has 0 amide bonds. The van der Waals surface area contributed by atoms with E-state index in [1.807, 2.05) is 0 Å². The van der Waals surface area contributed by atoms with Crippen molar-refractivity contribution in [3.05, 3.63) is 46.7 Å². The third-order valence-corrected chi connectivity index (χ3v) is 5.14. The van der Waals surface area contributed by atoms with Crippen LogP contribution in [0.1, 0.15) is 11.0 Å². The van der Waals surface area contributed by atoms with Crippen molar-refractivity contribution in [3.8, 4) is 5.75 Å². The van der Waals surface area contributed by atoms with E-state index in [1.54, 1.807) is 17.5 Å². The molecule has 0 bridgehead atoms. The molecule has 1 aromatic carbocycles. The molecule has 126 valence electrons. The number of hydrogen-bond donors (Lipinski definition) is 2. The SMILES string of the molecule is O=S(=O)(NCC(O)c1cccs1)c1ccccc1OC(F)(F)F. The monoisotopic (exact) mass is 367 g/mol. The van der Waals surface area contributed by atoms with Gasteiger partial charge < -0.3 is 9.84 Å². The lowest BCUT2D eigenvalue weighted by atomic mass is 10.3. The maximum Gasteiger partial charge on any atom is 0.573 e. The molecule has 0 fully saturated rings. The van der Waals surface area contributed by atoms with Gasteiger partial charge in [-0.3, -0.25) is 0 Å². The molecule has 0 spiro atoms. The van der Waals surface area contributed by atoms with Crippen molar-refractivity contribution in [2.45, 2.75) is 17.4 Å². The van der Waals surface area contributed by atoms with Gasteiger partial charge in [-0.1, -0.05) is 18.2 Å². The van der Waals surface area contributed by atoms with Gasteiger partial charge in [0.05, 0.1) is 0 Å². The van der Waals surface area contributed by atoms with Crippen LogP contribution in [0.25, 0.3) is 0 Å². The summed E-state index contributed by atoms with van der Waals surface area (Å²) in [5.74, 6) is -0.835. The first-order chi connectivity index (χ1) is 10.7. The number of hydrogen-bond acceptors (Lipinski definition) is 5. The highest BCUT2D eigenvalue weighted by molar-refractivity contribution is 7.89. The number of ether oxygens (including phenoxy) is 1. The number of para-hydroxylation sites is 1. The van der Waals surface area contributed by atoms with Crippen LogP contribution in [-0.2, 0) is 10.0 Å². The van der Waals surface area contributed by atoms with Crippen LogP contribution in [0.5, 0.6) is 5.75 Å². The molecule has 2 rings (SSSR count). The Balaban J connectivity index is 2.16. The number of aliphatic hydroxyl groups is 1. The fourth-order valence-electron chi connectivity index (χ4n) is 1.73. The molecular weight excluding hydrogens is 355 g/mol. The molecule has 1 aromatic heterocycles. The zero-order valence-corrected chi connectivity index (χ0v) is 13.1. The first-order valence-corrected chi connectivity index (χ1v) is 8.61. The molecule has 0 radical (unpaired) electrons. The third kappa shape index (κ3) is 4.93. The zero-order valence-electron chi connectivity index (χ0n) is 11.4. The Morgan fingerprint density at radius 1 is 1.22 bits per heavy atom. The van der Waals surface area contributed by atoms with Gasteiger partial charge in [0.15, 0.2) is 0 Å². The van der Waals surface area contributed by atoms with Gasteiger partial charge in [0, 0.05) is 11.4 Å². The van der Waals surface area contributed by atoms with E-state index in [4.69, 9.17) is 0 Å². The first-order valence-electron chi connectivity index (χ1n) is 6.25. The van der Waals surface area contributed by atoms with E-state index in [0.29, 0.717) is 4.88 Å². The predicted molar refractivity (Wildman–Crippen MR) is 77.6 cm³/mol. The van der Waals surface area contributed by atoms with Crippen molar-refractivity contribution in [2.75, 3.05) is 6.54 Å². The second-order valence-electron chi connectivity index (χ2n) is 4.38. The van der Waals surface area contributed by atoms with Gasteiger partial charge in [-0.2, -0.15) is 0 Å². The van der Waals surface area contributed by atoms with Gasteiger partial charge in [0.25, 0.3) is 0 Å². The van der Waals surface area contributed by atoms with E-state index in [9.17, 15) is 26.7 Å². The van der Waals surface area contributed by atoms with Crippen molar-refractivity contribution >= 4 is 21.4 Å². The number of alkyl halides is 3. The van der Waals surface area contributed by atoms with Crippen LogP contribution in [0.15, 0.2) is 46.7 Å². The molecule has 0 aliphatic heterocycles. The average Bonchev–Trinajstić information content (AvgIpc) is 2.98. The largest absolute Gasteiger partial charge is 0.573 e. The number of nitrogens with one attached hydrogen (secondary N) is 1. The smallest absolute Gasteiger partial charge is 0.404 e. The lowest BCUT2D eigenvalue weighted by molar-refractivity contribution is -0.275. The molecule has 23 heavy (non-hydrogen) atoms. The third-order valence-electron chi connectivity index (χ3n) is 2.70. The van der Waals surface area contributed by atoms with Crippen LogP contribution in [0.4, 0.5) is 13.2 Å². The lowest BCUT2D eigenvalue weighted by Gasteiger charge is -2.15. The number of halogens is 3. The molecular formula is C13H12F3NO4S2. The molecule has 1 unspecified atom stereocenters. The van der Waals surface area contributed by atoms with Gasteiger partial charge in [0.1, 0.15) is 16.7 Å². The Kier molecular flexibility index (Phi) is 5.30. The van der Waals surface area contributed by atoms with Gasteiger partial charge in [-0.05, 0) is 23.6 Å². The van der Waals surface area contributed by atoms with Crippen LogP contribution in [0, 0.1) is 0 Å². The van der Waals surface area contributed by atoms with Crippen molar-refractivity contribution < 1.29 is 31.4 Å². The Morgan fingerprint density at radius 3 is 2.52 bits per heavy atom. The van der Waals surface area contributed by atoms with Gasteiger partial charge in [0.2, 0.25) is 10.0 Å². The first kappa shape index (κ1) is 17.7. The zero-order chi connectivity index (χ0) is 17.1. The molecule has 0 saturated carbocycles. The van der Waals surface area contributed by atoms with E-state index in [1.165, 1.54) is 23.5 Å². The van der Waals surface area contributed by atoms with Crippen molar-refractivity contribution in [1.82, 2.24) is 4.72 Å². The molecule has 10 heteroatoms. The topological polar surface area (TPSA) is 75.6 Å². The fourth-order valence-corrected chi connectivity index (χ4v) is 3.61. The van der Waals surface area contributed by atoms with Crippen LogP contribution in [-0.4, -0.2) is 26.4 Å². The predicted octanol–water partition coefficient (Wildman–Crippen LogP) is 2.66. The molecule has 1 heterocycles. The Labute approximate surface area is 134 Å². The highest BCUT2D eigenvalue weighted by Crippen LogP contribution is 2.29. The summed E-state index contributed by atoms with van der Waals surface area (Å²) in [6.07, 6.45) is -6.11. The fraction of sp³-hybridized carbons (Fsp3) is 0.231. The number of sulfonamides is 1. The quantitative estimate of drug-likeness (QED) is 0.823. The summed E-state index contributed by atoms with van der Waals surface area (Å²) in [5.41, 5.74) is 0. The van der Waals surface area contributed by atoms with Gasteiger partial charge in [-0.15, -0.1) is 24.5 Å². The minimum atomic E-state index is -5.01. The van der Waals surface area contributed by atoms with Gasteiger partial charge >= 0.3 is 6.36 Å².